The molecule has 0 spiro atoms. The molecule has 2 aromatic rings. The predicted molar refractivity (Wildman–Crippen MR) is 77.2 cm³/mol. The minimum atomic E-state index is -4.80. The number of hydrogen-bond donors (Lipinski definition) is 1. The van der Waals surface area contributed by atoms with Crippen LogP contribution in [0.15, 0.2) is 18.2 Å². The average Bonchev–Trinajstić information content (AvgIpc) is 2.43. The molecule has 0 saturated carbocycles. The summed E-state index contributed by atoms with van der Waals surface area (Å²) >= 11 is 5.65. The second-order valence-corrected chi connectivity index (χ2v) is 5.24. The SMILES string of the molecule is Cc1nc(F)ccc1Oc1cc(C(F)(F)F)c(Cl)c(C)c1C(=O)O. The van der Waals surface area contributed by atoms with E-state index < -0.39 is 40.0 Å². The summed E-state index contributed by atoms with van der Waals surface area (Å²) in [7, 11) is 0. The minimum Gasteiger partial charge on any atom is -0.478 e. The standard InChI is InChI=1S/C15H10ClF4NO3/c1-6-12(14(22)23)10(5-8(13(6)16)15(18,19)20)24-9-3-4-11(17)21-7(9)2/h3-5H,1-2H3,(H,22,23). The summed E-state index contributed by atoms with van der Waals surface area (Å²) in [4.78, 5) is 14.9. The van der Waals surface area contributed by atoms with Crippen molar-refractivity contribution in [2.45, 2.75) is 20.0 Å². The third kappa shape index (κ3) is 3.43. The predicted octanol–water partition coefficient (Wildman–Crippen LogP) is 5.00. The van der Waals surface area contributed by atoms with E-state index in [1.54, 1.807) is 0 Å². The lowest BCUT2D eigenvalue weighted by molar-refractivity contribution is -0.137. The number of nitrogens with zero attached hydrogens (tertiary/aromatic N) is 1. The highest BCUT2D eigenvalue weighted by Crippen LogP contribution is 2.42. The Morgan fingerprint density at radius 2 is 1.88 bits per heavy atom. The van der Waals surface area contributed by atoms with E-state index in [9.17, 15) is 27.5 Å². The molecule has 1 N–H and O–H groups in total. The first-order valence-corrected chi connectivity index (χ1v) is 6.84. The van der Waals surface area contributed by atoms with Gasteiger partial charge >= 0.3 is 12.1 Å². The molecule has 1 aromatic heterocycles. The summed E-state index contributed by atoms with van der Waals surface area (Å²) in [6.45, 7) is 2.51. The molecule has 24 heavy (non-hydrogen) atoms. The second kappa shape index (κ2) is 6.27. The van der Waals surface area contributed by atoms with Gasteiger partial charge in [-0.2, -0.15) is 17.6 Å². The summed E-state index contributed by atoms with van der Waals surface area (Å²) in [6.07, 6.45) is -4.80. The highest BCUT2D eigenvalue weighted by atomic mass is 35.5. The van der Waals surface area contributed by atoms with E-state index in [0.29, 0.717) is 6.07 Å². The number of ether oxygens (including phenoxy) is 1. The summed E-state index contributed by atoms with van der Waals surface area (Å²) in [6, 6.07) is 2.58. The number of halogens is 5. The number of hydrogen-bond acceptors (Lipinski definition) is 3. The Labute approximate surface area is 138 Å². The lowest BCUT2D eigenvalue weighted by atomic mass is 10.0. The molecule has 0 aliphatic heterocycles. The zero-order valence-electron chi connectivity index (χ0n) is 12.3. The summed E-state index contributed by atoms with van der Waals surface area (Å²) in [5.74, 6) is -2.95. The zero-order chi connectivity index (χ0) is 18.2. The molecule has 0 fully saturated rings. The van der Waals surface area contributed by atoms with Crippen molar-refractivity contribution in [3.63, 3.8) is 0 Å². The number of alkyl halides is 3. The summed E-state index contributed by atoms with van der Waals surface area (Å²) in [5, 5.41) is 8.54. The number of aromatic nitrogens is 1. The lowest BCUT2D eigenvalue weighted by Crippen LogP contribution is -2.11. The van der Waals surface area contributed by atoms with Crippen LogP contribution in [0.3, 0.4) is 0 Å². The number of aryl methyl sites for hydroxylation is 1. The molecule has 0 aliphatic rings. The van der Waals surface area contributed by atoms with Crippen molar-refractivity contribution in [1.29, 1.82) is 0 Å². The smallest absolute Gasteiger partial charge is 0.417 e. The molecular formula is C15H10ClF4NO3. The maximum absolute atomic E-state index is 13.1. The first-order valence-electron chi connectivity index (χ1n) is 6.47. The number of carboxylic acid groups (broad SMARTS) is 1. The van der Waals surface area contributed by atoms with Crippen LogP contribution in [0.5, 0.6) is 11.5 Å². The second-order valence-electron chi connectivity index (χ2n) is 4.86. The molecule has 128 valence electrons. The van der Waals surface area contributed by atoms with Crippen LogP contribution in [0.2, 0.25) is 5.02 Å². The van der Waals surface area contributed by atoms with Gasteiger partial charge in [0.2, 0.25) is 5.95 Å². The first kappa shape index (κ1) is 18.0. The monoisotopic (exact) mass is 363 g/mol. The Bertz CT molecular complexity index is 821. The van der Waals surface area contributed by atoms with E-state index in [1.165, 1.54) is 6.92 Å². The van der Waals surface area contributed by atoms with Crippen molar-refractivity contribution in [2.75, 3.05) is 0 Å². The Morgan fingerprint density at radius 3 is 2.38 bits per heavy atom. The molecule has 0 saturated heterocycles. The van der Waals surface area contributed by atoms with Crippen LogP contribution in [0.4, 0.5) is 17.6 Å². The number of rotatable bonds is 3. The van der Waals surface area contributed by atoms with Crippen LogP contribution in [0, 0.1) is 19.8 Å². The number of carbonyl (C=O) groups is 1. The van der Waals surface area contributed by atoms with Crippen LogP contribution in [-0.4, -0.2) is 16.1 Å². The molecular weight excluding hydrogens is 354 g/mol. The van der Waals surface area contributed by atoms with Gasteiger partial charge in [-0.15, -0.1) is 0 Å². The fourth-order valence-electron chi connectivity index (χ4n) is 2.06. The van der Waals surface area contributed by atoms with Gasteiger partial charge in [0.25, 0.3) is 0 Å². The van der Waals surface area contributed by atoms with Crippen molar-refractivity contribution in [1.82, 2.24) is 4.98 Å². The van der Waals surface area contributed by atoms with E-state index in [0.717, 1.165) is 19.1 Å². The fraction of sp³-hybridized carbons (Fsp3) is 0.200. The number of pyridine rings is 1. The zero-order valence-corrected chi connectivity index (χ0v) is 13.1. The molecule has 2 rings (SSSR count). The lowest BCUT2D eigenvalue weighted by Gasteiger charge is -2.17. The van der Waals surface area contributed by atoms with Crippen molar-refractivity contribution >= 4 is 17.6 Å². The fourth-order valence-corrected chi connectivity index (χ4v) is 2.32. The van der Waals surface area contributed by atoms with Gasteiger partial charge in [-0.3, -0.25) is 0 Å². The van der Waals surface area contributed by atoms with Gasteiger partial charge in [0, 0.05) is 0 Å². The van der Waals surface area contributed by atoms with Crippen LogP contribution in [0.1, 0.15) is 27.2 Å². The quantitative estimate of drug-likeness (QED) is 0.616. The van der Waals surface area contributed by atoms with E-state index in [2.05, 4.69) is 4.98 Å². The molecule has 0 aliphatic carbocycles. The molecule has 0 atom stereocenters. The number of benzene rings is 1. The van der Waals surface area contributed by atoms with E-state index in [4.69, 9.17) is 16.3 Å². The molecule has 4 nitrogen and oxygen atoms in total. The van der Waals surface area contributed by atoms with E-state index in [1.807, 2.05) is 0 Å². The van der Waals surface area contributed by atoms with Crippen LogP contribution in [-0.2, 0) is 6.18 Å². The van der Waals surface area contributed by atoms with E-state index in [-0.39, 0.29) is 17.0 Å². The molecule has 0 amide bonds. The molecule has 1 aromatic carbocycles. The van der Waals surface area contributed by atoms with Gasteiger partial charge in [0.05, 0.1) is 16.3 Å². The van der Waals surface area contributed by atoms with Crippen LogP contribution in [0.25, 0.3) is 0 Å². The van der Waals surface area contributed by atoms with E-state index >= 15 is 0 Å². The van der Waals surface area contributed by atoms with Crippen molar-refractivity contribution < 1.29 is 32.2 Å². The van der Waals surface area contributed by atoms with Gasteiger partial charge in [-0.1, -0.05) is 11.6 Å². The first-order chi connectivity index (χ1) is 11.0. The highest BCUT2D eigenvalue weighted by molar-refractivity contribution is 6.32. The molecule has 0 radical (unpaired) electrons. The highest BCUT2D eigenvalue weighted by Gasteiger charge is 2.36. The summed E-state index contributed by atoms with van der Waals surface area (Å²) in [5.41, 5.74) is -1.99. The van der Waals surface area contributed by atoms with Gasteiger partial charge in [-0.05, 0) is 37.6 Å². The van der Waals surface area contributed by atoms with Gasteiger partial charge in [0.1, 0.15) is 17.1 Å². The van der Waals surface area contributed by atoms with Gasteiger partial charge < -0.3 is 9.84 Å². The molecule has 0 unspecified atom stereocenters. The molecule has 0 bridgehead atoms. The minimum absolute atomic E-state index is 0.0486. The maximum Gasteiger partial charge on any atom is 0.417 e. The normalized spacial score (nSPS) is 11.5. The van der Waals surface area contributed by atoms with Crippen molar-refractivity contribution in [3.05, 3.63) is 51.6 Å². The number of carboxylic acids is 1. The Kier molecular flexibility index (Phi) is 4.70. The molecule has 1 heterocycles. The maximum atomic E-state index is 13.1. The number of aromatic carboxylic acids is 1. The van der Waals surface area contributed by atoms with Crippen LogP contribution >= 0.6 is 11.6 Å². The van der Waals surface area contributed by atoms with Gasteiger partial charge in [-0.25, -0.2) is 9.78 Å². The van der Waals surface area contributed by atoms with Crippen LogP contribution < -0.4 is 4.74 Å². The third-order valence-corrected chi connectivity index (χ3v) is 3.69. The average molecular weight is 364 g/mol. The third-order valence-electron chi connectivity index (χ3n) is 3.21. The van der Waals surface area contributed by atoms with Gasteiger partial charge in [0.15, 0.2) is 0 Å². The largest absolute Gasteiger partial charge is 0.478 e. The Balaban J connectivity index is 2.67. The topological polar surface area (TPSA) is 59.4 Å². The molecule has 9 heteroatoms. The summed E-state index contributed by atoms with van der Waals surface area (Å²) < 4.78 is 57.5. The van der Waals surface area contributed by atoms with Crippen molar-refractivity contribution in [2.24, 2.45) is 0 Å². The Morgan fingerprint density at radius 1 is 1.25 bits per heavy atom. The van der Waals surface area contributed by atoms with Crippen molar-refractivity contribution in [3.8, 4) is 11.5 Å². The Hall–Kier alpha value is -2.35.